The zero-order valence-electron chi connectivity index (χ0n) is 12.1. The van der Waals surface area contributed by atoms with Gasteiger partial charge in [0, 0.05) is 19.1 Å². The van der Waals surface area contributed by atoms with Gasteiger partial charge in [0.1, 0.15) is 5.75 Å². The molecule has 0 aromatic heterocycles. The molecule has 1 fully saturated rings. The maximum atomic E-state index is 11.8. The lowest BCUT2D eigenvalue weighted by Gasteiger charge is -2.31. The number of likely N-dealkylation sites (tertiary alicyclic amines) is 1. The van der Waals surface area contributed by atoms with E-state index in [-0.39, 0.29) is 12.1 Å². The Morgan fingerprint density at radius 1 is 1.24 bits per heavy atom. The van der Waals surface area contributed by atoms with Crippen LogP contribution in [0.4, 0.5) is 9.59 Å². The molecule has 2 rings (SSSR count). The van der Waals surface area contributed by atoms with Crippen molar-refractivity contribution in [1.82, 2.24) is 10.2 Å². The van der Waals surface area contributed by atoms with E-state index in [9.17, 15) is 9.59 Å². The third kappa shape index (κ3) is 4.66. The van der Waals surface area contributed by atoms with Gasteiger partial charge in [-0.3, -0.25) is 0 Å². The number of nitrogens with zero attached hydrogens (tertiary/aromatic N) is 1. The molecule has 1 aliphatic heterocycles. The molecule has 0 saturated carbocycles. The molecule has 6 nitrogen and oxygen atoms in total. The highest BCUT2D eigenvalue weighted by Crippen LogP contribution is 2.13. The highest BCUT2D eigenvalue weighted by Gasteiger charge is 2.24. The van der Waals surface area contributed by atoms with E-state index in [1.165, 1.54) is 0 Å². The molecule has 2 amide bonds. The number of hydrogen-bond acceptors (Lipinski definition) is 4. The number of hydrogen-bond donors (Lipinski definition) is 1. The number of para-hydroxylation sites is 1. The average Bonchev–Trinajstić information content (AvgIpc) is 2.49. The van der Waals surface area contributed by atoms with Gasteiger partial charge in [0.15, 0.2) is 0 Å². The molecule has 1 aromatic rings. The van der Waals surface area contributed by atoms with Crippen LogP contribution < -0.4 is 10.1 Å². The monoisotopic (exact) mass is 292 g/mol. The van der Waals surface area contributed by atoms with Crippen molar-refractivity contribution < 1.29 is 19.1 Å². The van der Waals surface area contributed by atoms with Crippen LogP contribution in [-0.4, -0.2) is 42.8 Å². The van der Waals surface area contributed by atoms with E-state index < -0.39 is 6.09 Å². The lowest BCUT2D eigenvalue weighted by atomic mass is 10.1. The van der Waals surface area contributed by atoms with Crippen LogP contribution in [0.15, 0.2) is 30.3 Å². The fourth-order valence-corrected chi connectivity index (χ4v) is 2.21. The van der Waals surface area contributed by atoms with Gasteiger partial charge in [0.05, 0.1) is 6.61 Å². The Hall–Kier alpha value is -2.24. The van der Waals surface area contributed by atoms with Crippen molar-refractivity contribution in [1.29, 1.82) is 0 Å². The summed E-state index contributed by atoms with van der Waals surface area (Å²) in [6, 6.07) is 8.94. The number of benzene rings is 1. The Balaban J connectivity index is 1.73. The van der Waals surface area contributed by atoms with Gasteiger partial charge in [-0.2, -0.15) is 0 Å². The van der Waals surface area contributed by atoms with Crippen molar-refractivity contribution in [2.45, 2.75) is 25.8 Å². The number of rotatable bonds is 3. The minimum atomic E-state index is -0.462. The summed E-state index contributed by atoms with van der Waals surface area (Å²) in [5.41, 5.74) is 0. The molecule has 0 unspecified atom stereocenters. The number of nitrogens with one attached hydrogen (secondary N) is 1. The topological polar surface area (TPSA) is 67.9 Å². The standard InChI is InChI=1S/C15H20N2O4/c1-2-20-15(19)17-10-8-12(9-11-17)16-14(18)21-13-6-4-3-5-7-13/h3-7,12H,2,8-11H2,1H3,(H,16,18). The van der Waals surface area contributed by atoms with Gasteiger partial charge in [0.25, 0.3) is 0 Å². The number of carbonyl (C=O) groups excluding carboxylic acids is 2. The van der Waals surface area contributed by atoms with Crippen molar-refractivity contribution in [2.24, 2.45) is 0 Å². The number of carbonyl (C=O) groups is 2. The van der Waals surface area contributed by atoms with Crippen LogP contribution in [-0.2, 0) is 4.74 Å². The number of piperidine rings is 1. The molecule has 0 aliphatic carbocycles. The molecule has 6 heteroatoms. The second-order valence-electron chi connectivity index (χ2n) is 4.81. The molecule has 114 valence electrons. The van der Waals surface area contributed by atoms with E-state index in [0.717, 1.165) is 0 Å². The van der Waals surface area contributed by atoms with Crippen LogP contribution in [0.2, 0.25) is 0 Å². The summed E-state index contributed by atoms with van der Waals surface area (Å²) in [6.45, 7) is 3.32. The summed E-state index contributed by atoms with van der Waals surface area (Å²) in [4.78, 5) is 25.0. The Morgan fingerprint density at radius 2 is 1.90 bits per heavy atom. The second kappa shape index (κ2) is 7.52. The molecule has 1 N–H and O–H groups in total. The van der Waals surface area contributed by atoms with Gasteiger partial charge in [0.2, 0.25) is 0 Å². The Morgan fingerprint density at radius 3 is 2.52 bits per heavy atom. The van der Waals surface area contributed by atoms with Gasteiger partial charge < -0.3 is 19.7 Å². The molecule has 0 atom stereocenters. The molecule has 1 aromatic carbocycles. The van der Waals surface area contributed by atoms with E-state index in [0.29, 0.717) is 38.3 Å². The van der Waals surface area contributed by atoms with Crippen molar-refractivity contribution in [2.75, 3.05) is 19.7 Å². The predicted molar refractivity (Wildman–Crippen MR) is 77.2 cm³/mol. The van der Waals surface area contributed by atoms with Gasteiger partial charge in [-0.1, -0.05) is 18.2 Å². The van der Waals surface area contributed by atoms with Crippen LogP contribution in [0.25, 0.3) is 0 Å². The molecule has 1 saturated heterocycles. The van der Waals surface area contributed by atoms with Crippen molar-refractivity contribution in [3.8, 4) is 5.75 Å². The highest BCUT2D eigenvalue weighted by molar-refractivity contribution is 5.71. The Kier molecular flexibility index (Phi) is 5.43. The summed E-state index contributed by atoms with van der Waals surface area (Å²) in [7, 11) is 0. The first-order valence-electron chi connectivity index (χ1n) is 7.14. The molecular weight excluding hydrogens is 272 g/mol. The van der Waals surface area contributed by atoms with Crippen LogP contribution in [0.3, 0.4) is 0 Å². The summed E-state index contributed by atoms with van der Waals surface area (Å²) < 4.78 is 10.1. The van der Waals surface area contributed by atoms with E-state index in [2.05, 4.69) is 5.32 Å². The average molecular weight is 292 g/mol. The van der Waals surface area contributed by atoms with Crippen LogP contribution in [0.1, 0.15) is 19.8 Å². The molecule has 1 heterocycles. The summed E-state index contributed by atoms with van der Waals surface area (Å²) >= 11 is 0. The van der Waals surface area contributed by atoms with Crippen molar-refractivity contribution in [3.05, 3.63) is 30.3 Å². The van der Waals surface area contributed by atoms with Crippen LogP contribution in [0.5, 0.6) is 5.75 Å². The quantitative estimate of drug-likeness (QED) is 0.929. The predicted octanol–water partition coefficient (Wildman–Crippen LogP) is 2.40. The molecule has 0 radical (unpaired) electrons. The molecule has 0 bridgehead atoms. The zero-order valence-corrected chi connectivity index (χ0v) is 12.1. The maximum absolute atomic E-state index is 11.8. The second-order valence-corrected chi connectivity index (χ2v) is 4.81. The van der Waals surface area contributed by atoms with Crippen LogP contribution >= 0.6 is 0 Å². The van der Waals surface area contributed by atoms with E-state index in [1.807, 2.05) is 6.07 Å². The normalized spacial score (nSPS) is 15.4. The van der Waals surface area contributed by atoms with Gasteiger partial charge in [-0.05, 0) is 31.9 Å². The Labute approximate surface area is 124 Å². The van der Waals surface area contributed by atoms with Crippen molar-refractivity contribution in [3.63, 3.8) is 0 Å². The lowest BCUT2D eigenvalue weighted by molar-refractivity contribution is 0.0950. The molecule has 0 spiro atoms. The fraction of sp³-hybridized carbons (Fsp3) is 0.467. The van der Waals surface area contributed by atoms with Gasteiger partial charge >= 0.3 is 12.2 Å². The van der Waals surface area contributed by atoms with Gasteiger partial charge in [-0.25, -0.2) is 9.59 Å². The smallest absolute Gasteiger partial charge is 0.412 e. The van der Waals surface area contributed by atoms with Gasteiger partial charge in [-0.15, -0.1) is 0 Å². The highest BCUT2D eigenvalue weighted by atomic mass is 16.6. The minimum Gasteiger partial charge on any atom is -0.450 e. The van der Waals surface area contributed by atoms with Crippen molar-refractivity contribution >= 4 is 12.2 Å². The minimum absolute atomic E-state index is 0.0203. The SMILES string of the molecule is CCOC(=O)N1CCC(NC(=O)Oc2ccccc2)CC1. The van der Waals surface area contributed by atoms with E-state index in [1.54, 1.807) is 36.1 Å². The number of ether oxygens (including phenoxy) is 2. The summed E-state index contributed by atoms with van der Waals surface area (Å²) in [5, 5.41) is 2.82. The third-order valence-corrected chi connectivity index (χ3v) is 3.30. The van der Waals surface area contributed by atoms with Crippen LogP contribution in [0, 0.1) is 0 Å². The largest absolute Gasteiger partial charge is 0.450 e. The molecule has 1 aliphatic rings. The molecular formula is C15H20N2O4. The zero-order chi connectivity index (χ0) is 15.1. The first-order valence-corrected chi connectivity index (χ1v) is 7.14. The lowest BCUT2D eigenvalue weighted by Crippen LogP contribution is -2.47. The maximum Gasteiger partial charge on any atom is 0.412 e. The number of amides is 2. The summed E-state index contributed by atoms with van der Waals surface area (Å²) in [6.07, 6.45) is 0.643. The van der Waals surface area contributed by atoms with E-state index >= 15 is 0 Å². The first kappa shape index (κ1) is 15.2. The summed E-state index contributed by atoms with van der Waals surface area (Å²) in [5.74, 6) is 0.513. The molecule has 21 heavy (non-hydrogen) atoms. The third-order valence-electron chi connectivity index (χ3n) is 3.30. The first-order chi connectivity index (χ1) is 10.2. The Bertz CT molecular complexity index is 470. The van der Waals surface area contributed by atoms with E-state index in [4.69, 9.17) is 9.47 Å². The fourth-order valence-electron chi connectivity index (χ4n) is 2.21.